The molecule has 1 saturated carbocycles. The van der Waals surface area contributed by atoms with E-state index in [1.807, 2.05) is 0 Å². The molecule has 0 spiro atoms. The quantitative estimate of drug-likeness (QED) is 0.792. The maximum absolute atomic E-state index is 12.4. The zero-order valence-corrected chi connectivity index (χ0v) is 11.8. The van der Waals surface area contributed by atoms with Crippen LogP contribution in [-0.4, -0.2) is 61.0 Å². The van der Waals surface area contributed by atoms with E-state index in [4.69, 9.17) is 0 Å². The number of nitrogens with one attached hydrogen (secondary N) is 1. The van der Waals surface area contributed by atoms with Crippen molar-refractivity contribution in [2.75, 3.05) is 39.3 Å². The summed E-state index contributed by atoms with van der Waals surface area (Å²) in [6.07, 6.45) is 3.77. The van der Waals surface area contributed by atoms with Crippen LogP contribution < -0.4 is 5.32 Å². The molecule has 4 heteroatoms. The Kier molecular flexibility index (Phi) is 5.01. The minimum Gasteiger partial charge on any atom is -0.339 e. The van der Waals surface area contributed by atoms with Crippen LogP contribution in [0.5, 0.6) is 0 Å². The van der Waals surface area contributed by atoms with Crippen molar-refractivity contribution in [2.45, 2.75) is 39.2 Å². The summed E-state index contributed by atoms with van der Waals surface area (Å²) in [7, 11) is 0. The van der Waals surface area contributed by atoms with E-state index in [1.165, 1.54) is 12.8 Å². The van der Waals surface area contributed by atoms with Gasteiger partial charge in [0.25, 0.3) is 0 Å². The van der Waals surface area contributed by atoms with E-state index in [0.717, 1.165) is 45.1 Å². The topological polar surface area (TPSA) is 35.6 Å². The van der Waals surface area contributed by atoms with Gasteiger partial charge in [-0.1, -0.05) is 0 Å². The first-order chi connectivity index (χ1) is 8.66. The average molecular weight is 253 g/mol. The second-order valence-corrected chi connectivity index (χ2v) is 5.96. The SMILES string of the molecule is CC(C)N(CC1CC1)C(=O)CN1CCCNCC1. The van der Waals surface area contributed by atoms with Crippen LogP contribution in [0, 0.1) is 5.92 Å². The minimum atomic E-state index is 0.318. The maximum Gasteiger partial charge on any atom is 0.236 e. The van der Waals surface area contributed by atoms with Crippen LogP contribution in [0.15, 0.2) is 0 Å². The molecule has 0 bridgehead atoms. The van der Waals surface area contributed by atoms with E-state index in [-0.39, 0.29) is 0 Å². The molecule has 1 aliphatic heterocycles. The predicted octanol–water partition coefficient (Wildman–Crippen LogP) is 0.929. The van der Waals surface area contributed by atoms with E-state index in [9.17, 15) is 4.79 Å². The van der Waals surface area contributed by atoms with Crippen LogP contribution in [0.1, 0.15) is 33.1 Å². The average Bonchev–Trinajstić information content (AvgIpc) is 3.13. The number of amides is 1. The minimum absolute atomic E-state index is 0.318. The van der Waals surface area contributed by atoms with Gasteiger partial charge in [0, 0.05) is 25.7 Å². The Morgan fingerprint density at radius 3 is 2.78 bits per heavy atom. The lowest BCUT2D eigenvalue weighted by atomic mass is 10.2. The van der Waals surface area contributed by atoms with Gasteiger partial charge >= 0.3 is 0 Å². The molecular formula is C14H27N3O. The van der Waals surface area contributed by atoms with Gasteiger partial charge in [-0.2, -0.15) is 0 Å². The summed E-state index contributed by atoms with van der Waals surface area (Å²) in [5.74, 6) is 1.10. The predicted molar refractivity (Wildman–Crippen MR) is 73.5 cm³/mol. The molecule has 0 radical (unpaired) electrons. The first-order valence-corrected chi connectivity index (χ1v) is 7.39. The van der Waals surface area contributed by atoms with Crippen molar-refractivity contribution in [1.82, 2.24) is 15.1 Å². The summed E-state index contributed by atoms with van der Waals surface area (Å²) in [6.45, 7) is 9.98. The van der Waals surface area contributed by atoms with Crippen molar-refractivity contribution < 1.29 is 4.79 Å². The second kappa shape index (κ2) is 6.53. The molecule has 1 heterocycles. The van der Waals surface area contributed by atoms with Gasteiger partial charge in [0.1, 0.15) is 0 Å². The van der Waals surface area contributed by atoms with Crippen molar-refractivity contribution in [3.63, 3.8) is 0 Å². The van der Waals surface area contributed by atoms with Gasteiger partial charge in [-0.15, -0.1) is 0 Å². The second-order valence-electron chi connectivity index (χ2n) is 5.96. The van der Waals surface area contributed by atoms with Crippen molar-refractivity contribution in [3.05, 3.63) is 0 Å². The molecule has 1 amide bonds. The molecule has 1 saturated heterocycles. The molecule has 2 rings (SSSR count). The highest BCUT2D eigenvalue weighted by molar-refractivity contribution is 5.78. The molecule has 18 heavy (non-hydrogen) atoms. The summed E-state index contributed by atoms with van der Waals surface area (Å²) in [4.78, 5) is 16.8. The zero-order valence-electron chi connectivity index (χ0n) is 11.8. The summed E-state index contributed by atoms with van der Waals surface area (Å²) in [6, 6.07) is 0.336. The fourth-order valence-electron chi connectivity index (χ4n) is 2.52. The van der Waals surface area contributed by atoms with Gasteiger partial charge in [0.05, 0.1) is 6.54 Å². The first-order valence-electron chi connectivity index (χ1n) is 7.39. The normalized spacial score (nSPS) is 21.9. The van der Waals surface area contributed by atoms with E-state index in [0.29, 0.717) is 18.5 Å². The van der Waals surface area contributed by atoms with Crippen LogP contribution in [0.3, 0.4) is 0 Å². The zero-order chi connectivity index (χ0) is 13.0. The van der Waals surface area contributed by atoms with Crippen molar-refractivity contribution in [2.24, 2.45) is 5.92 Å². The van der Waals surface area contributed by atoms with E-state index < -0.39 is 0 Å². The van der Waals surface area contributed by atoms with Gasteiger partial charge in [-0.05, 0) is 52.1 Å². The van der Waals surface area contributed by atoms with E-state index >= 15 is 0 Å². The summed E-state index contributed by atoms with van der Waals surface area (Å²) in [5.41, 5.74) is 0. The van der Waals surface area contributed by atoms with E-state index in [2.05, 4.69) is 29.0 Å². The number of rotatable bonds is 5. The number of nitrogens with zero attached hydrogens (tertiary/aromatic N) is 2. The Morgan fingerprint density at radius 1 is 1.33 bits per heavy atom. The molecule has 2 fully saturated rings. The largest absolute Gasteiger partial charge is 0.339 e. The molecule has 1 N–H and O–H groups in total. The van der Waals surface area contributed by atoms with Crippen molar-refractivity contribution in [3.8, 4) is 0 Å². The standard InChI is InChI=1S/C14H27N3O/c1-12(2)17(10-13-4-5-13)14(18)11-16-8-3-6-15-7-9-16/h12-13,15H,3-11H2,1-2H3. The number of carbonyl (C=O) groups is 1. The molecule has 2 aliphatic rings. The first kappa shape index (κ1) is 13.8. The Bertz CT molecular complexity index is 268. The Balaban J connectivity index is 1.82. The fourth-order valence-corrected chi connectivity index (χ4v) is 2.52. The third kappa shape index (κ3) is 4.25. The van der Waals surface area contributed by atoms with Crippen molar-refractivity contribution >= 4 is 5.91 Å². The van der Waals surface area contributed by atoms with Gasteiger partial charge in [-0.25, -0.2) is 0 Å². The van der Waals surface area contributed by atoms with E-state index in [1.54, 1.807) is 0 Å². The fraction of sp³-hybridized carbons (Fsp3) is 0.929. The highest BCUT2D eigenvalue weighted by Crippen LogP contribution is 2.30. The molecule has 1 aliphatic carbocycles. The molecular weight excluding hydrogens is 226 g/mol. The lowest BCUT2D eigenvalue weighted by Gasteiger charge is -2.29. The van der Waals surface area contributed by atoms with Gasteiger partial charge in [0.2, 0.25) is 5.91 Å². The molecule has 0 aromatic heterocycles. The van der Waals surface area contributed by atoms with Crippen LogP contribution in [0.4, 0.5) is 0 Å². The Labute approximate surface area is 111 Å². The maximum atomic E-state index is 12.4. The van der Waals surface area contributed by atoms with Crippen molar-refractivity contribution in [1.29, 1.82) is 0 Å². The summed E-state index contributed by atoms with van der Waals surface area (Å²) >= 11 is 0. The van der Waals surface area contributed by atoms with Gasteiger partial charge < -0.3 is 10.2 Å². The monoisotopic (exact) mass is 253 g/mol. The molecule has 0 unspecified atom stereocenters. The summed E-state index contributed by atoms with van der Waals surface area (Å²) < 4.78 is 0. The Morgan fingerprint density at radius 2 is 2.11 bits per heavy atom. The molecule has 0 atom stereocenters. The van der Waals surface area contributed by atoms with Gasteiger partial charge in [0.15, 0.2) is 0 Å². The molecule has 0 aromatic carbocycles. The number of hydrogen-bond acceptors (Lipinski definition) is 3. The van der Waals surface area contributed by atoms with Gasteiger partial charge in [-0.3, -0.25) is 9.69 Å². The third-order valence-corrected chi connectivity index (χ3v) is 3.89. The lowest BCUT2D eigenvalue weighted by Crippen LogP contribution is -2.45. The van der Waals surface area contributed by atoms with Crippen LogP contribution in [0.25, 0.3) is 0 Å². The highest BCUT2D eigenvalue weighted by atomic mass is 16.2. The lowest BCUT2D eigenvalue weighted by molar-refractivity contribution is -0.134. The number of hydrogen-bond donors (Lipinski definition) is 1. The van der Waals surface area contributed by atoms with Crippen LogP contribution in [0.2, 0.25) is 0 Å². The van der Waals surface area contributed by atoms with Crippen LogP contribution in [-0.2, 0) is 4.79 Å². The van der Waals surface area contributed by atoms with Crippen LogP contribution >= 0.6 is 0 Å². The smallest absolute Gasteiger partial charge is 0.236 e. The molecule has 4 nitrogen and oxygen atoms in total. The molecule has 0 aromatic rings. The highest BCUT2D eigenvalue weighted by Gasteiger charge is 2.28. The third-order valence-electron chi connectivity index (χ3n) is 3.89. The Hall–Kier alpha value is -0.610. The molecule has 104 valence electrons. The number of carbonyl (C=O) groups excluding carboxylic acids is 1. The summed E-state index contributed by atoms with van der Waals surface area (Å²) in [5, 5.41) is 3.38.